The Bertz CT molecular complexity index is 443. The minimum Gasteiger partial charge on any atom is -0.366 e. The predicted octanol–water partition coefficient (Wildman–Crippen LogP) is 1.75. The molecule has 5 nitrogen and oxygen atoms in total. The third-order valence-electron chi connectivity index (χ3n) is 1.64. The smallest absolute Gasteiger partial charge is 0.278 e. The average molecular weight is 227 g/mol. The molecule has 0 atom stereocenters. The van der Waals surface area contributed by atoms with Crippen LogP contribution >= 0.6 is 11.6 Å². The van der Waals surface area contributed by atoms with Gasteiger partial charge in [-0.2, -0.15) is 0 Å². The summed E-state index contributed by atoms with van der Waals surface area (Å²) in [6.45, 7) is 0. The van der Waals surface area contributed by atoms with E-state index in [0.717, 1.165) is 6.08 Å². The highest BCUT2D eigenvalue weighted by molar-refractivity contribution is 6.32. The van der Waals surface area contributed by atoms with Gasteiger partial charge in [0.15, 0.2) is 0 Å². The van der Waals surface area contributed by atoms with Gasteiger partial charge in [0.05, 0.1) is 15.5 Å². The number of carbonyl (C=O) groups excluding carboxylic acids is 1. The van der Waals surface area contributed by atoms with E-state index in [0.29, 0.717) is 0 Å². The van der Waals surface area contributed by atoms with Crippen LogP contribution in [-0.4, -0.2) is 10.8 Å². The topological polar surface area (TPSA) is 86.2 Å². The predicted molar refractivity (Wildman–Crippen MR) is 56.3 cm³/mol. The van der Waals surface area contributed by atoms with Gasteiger partial charge in [-0.1, -0.05) is 17.7 Å². The van der Waals surface area contributed by atoms with E-state index in [1.54, 1.807) is 0 Å². The molecule has 15 heavy (non-hydrogen) atoms. The maximum absolute atomic E-state index is 10.6. The van der Waals surface area contributed by atoms with E-state index in [-0.39, 0.29) is 16.3 Å². The molecule has 0 aliphatic carbocycles. The maximum Gasteiger partial charge on any atom is 0.278 e. The molecule has 0 fully saturated rings. The highest BCUT2D eigenvalue weighted by Gasteiger charge is 2.13. The molecule has 6 heteroatoms. The summed E-state index contributed by atoms with van der Waals surface area (Å²) in [5.74, 6) is -0.691. The summed E-state index contributed by atoms with van der Waals surface area (Å²) in [7, 11) is 0. The Balaban J connectivity index is 3.25. The molecule has 0 saturated carbocycles. The molecular weight excluding hydrogens is 220 g/mol. The van der Waals surface area contributed by atoms with Gasteiger partial charge in [0.2, 0.25) is 5.91 Å². The first-order chi connectivity index (χ1) is 7.02. The van der Waals surface area contributed by atoms with Crippen molar-refractivity contribution in [3.8, 4) is 0 Å². The first-order valence-corrected chi connectivity index (χ1v) is 4.30. The molecule has 0 bridgehead atoms. The Morgan fingerprint density at radius 1 is 1.53 bits per heavy atom. The van der Waals surface area contributed by atoms with Crippen LogP contribution in [-0.2, 0) is 4.79 Å². The molecule has 0 aliphatic heterocycles. The van der Waals surface area contributed by atoms with E-state index in [1.165, 1.54) is 24.3 Å². The number of amides is 1. The lowest BCUT2D eigenvalue weighted by Gasteiger charge is -1.99. The van der Waals surface area contributed by atoms with Crippen molar-refractivity contribution in [3.63, 3.8) is 0 Å². The fraction of sp³-hybridized carbons (Fsp3) is 0. The molecule has 2 N–H and O–H groups in total. The number of nitro groups is 1. The van der Waals surface area contributed by atoms with Gasteiger partial charge in [-0.15, -0.1) is 0 Å². The minimum atomic E-state index is -0.691. The first kappa shape index (κ1) is 11.2. The maximum atomic E-state index is 10.6. The average Bonchev–Trinajstić information content (AvgIpc) is 2.15. The summed E-state index contributed by atoms with van der Waals surface area (Å²) in [5, 5.41) is 10.8. The number of halogens is 1. The van der Waals surface area contributed by atoms with Crippen LogP contribution in [0.25, 0.3) is 6.08 Å². The number of primary amides is 1. The lowest BCUT2D eigenvalue weighted by atomic mass is 10.1. The van der Waals surface area contributed by atoms with Crippen molar-refractivity contribution in [1.29, 1.82) is 0 Å². The van der Waals surface area contributed by atoms with Crippen molar-refractivity contribution < 1.29 is 9.72 Å². The minimum absolute atomic E-state index is 0.167. The van der Waals surface area contributed by atoms with Crippen LogP contribution in [0, 0.1) is 10.1 Å². The second-order valence-corrected chi connectivity index (χ2v) is 3.07. The first-order valence-electron chi connectivity index (χ1n) is 3.93. The molecule has 0 heterocycles. The van der Waals surface area contributed by atoms with Crippen LogP contribution in [0.15, 0.2) is 24.3 Å². The second kappa shape index (κ2) is 4.56. The van der Waals surface area contributed by atoms with E-state index in [9.17, 15) is 14.9 Å². The fourth-order valence-electron chi connectivity index (χ4n) is 1.02. The van der Waals surface area contributed by atoms with Crippen LogP contribution in [0.4, 0.5) is 5.69 Å². The van der Waals surface area contributed by atoms with Gasteiger partial charge in [-0.25, -0.2) is 0 Å². The monoisotopic (exact) mass is 226 g/mol. The number of nitrogens with zero attached hydrogens (tertiary/aromatic N) is 1. The summed E-state index contributed by atoms with van der Waals surface area (Å²) in [4.78, 5) is 20.5. The van der Waals surface area contributed by atoms with E-state index in [1.807, 2.05) is 0 Å². The van der Waals surface area contributed by atoms with Gasteiger partial charge >= 0.3 is 0 Å². The van der Waals surface area contributed by atoms with Crippen LogP contribution in [0.1, 0.15) is 5.56 Å². The summed E-state index contributed by atoms with van der Waals surface area (Å²) in [6.07, 6.45) is 2.25. The van der Waals surface area contributed by atoms with Crippen LogP contribution in [0.2, 0.25) is 5.02 Å². The Morgan fingerprint density at radius 2 is 2.20 bits per heavy atom. The van der Waals surface area contributed by atoms with E-state index < -0.39 is 10.8 Å². The molecule has 1 aromatic rings. The molecule has 1 aromatic carbocycles. The molecule has 1 rings (SSSR count). The molecule has 0 radical (unpaired) electrons. The second-order valence-electron chi connectivity index (χ2n) is 2.67. The summed E-state index contributed by atoms with van der Waals surface area (Å²) < 4.78 is 0. The zero-order chi connectivity index (χ0) is 11.4. The molecule has 0 unspecified atom stereocenters. The van der Waals surface area contributed by atoms with Crippen LogP contribution < -0.4 is 5.73 Å². The zero-order valence-corrected chi connectivity index (χ0v) is 8.27. The third-order valence-corrected chi connectivity index (χ3v) is 1.97. The van der Waals surface area contributed by atoms with Gasteiger partial charge in [0.25, 0.3) is 5.69 Å². The van der Waals surface area contributed by atoms with Gasteiger partial charge < -0.3 is 5.73 Å². The molecule has 0 aromatic heterocycles. The van der Waals surface area contributed by atoms with Gasteiger partial charge in [-0.3, -0.25) is 14.9 Å². The highest BCUT2D eigenvalue weighted by Crippen LogP contribution is 2.27. The Hall–Kier alpha value is -1.88. The van der Waals surface area contributed by atoms with E-state index in [4.69, 9.17) is 17.3 Å². The highest BCUT2D eigenvalue weighted by atomic mass is 35.5. The van der Waals surface area contributed by atoms with Crippen molar-refractivity contribution in [3.05, 3.63) is 45.0 Å². The number of nitrogens with two attached hydrogens (primary N) is 1. The molecule has 0 saturated heterocycles. The molecule has 1 amide bonds. The number of hydrogen-bond acceptors (Lipinski definition) is 3. The van der Waals surface area contributed by atoms with Crippen LogP contribution in [0.5, 0.6) is 0 Å². The standard InChI is InChI=1S/C9H7ClN2O3/c10-7-2-1-3-8(12(14)15)6(7)4-5-9(11)13/h1-5H,(H2,11,13). The molecule has 0 spiro atoms. The number of nitro benzene ring substituents is 1. The lowest BCUT2D eigenvalue weighted by molar-refractivity contribution is -0.385. The van der Waals surface area contributed by atoms with Gasteiger partial charge in [0, 0.05) is 12.1 Å². The summed E-state index contributed by atoms with van der Waals surface area (Å²) in [6, 6.07) is 4.25. The van der Waals surface area contributed by atoms with Crippen molar-refractivity contribution in [2.24, 2.45) is 5.73 Å². The van der Waals surface area contributed by atoms with Crippen molar-refractivity contribution in [2.75, 3.05) is 0 Å². The molecule has 78 valence electrons. The van der Waals surface area contributed by atoms with Crippen molar-refractivity contribution >= 4 is 29.3 Å². The van der Waals surface area contributed by atoms with Crippen molar-refractivity contribution in [1.82, 2.24) is 0 Å². The van der Waals surface area contributed by atoms with Crippen molar-refractivity contribution in [2.45, 2.75) is 0 Å². The van der Waals surface area contributed by atoms with Gasteiger partial charge in [0.1, 0.15) is 0 Å². The van der Waals surface area contributed by atoms with Gasteiger partial charge in [-0.05, 0) is 12.1 Å². The molecule has 0 aliphatic rings. The Labute approximate surface area is 90.3 Å². The quantitative estimate of drug-likeness (QED) is 0.484. The number of benzene rings is 1. The third kappa shape index (κ3) is 2.78. The fourth-order valence-corrected chi connectivity index (χ4v) is 1.25. The number of carbonyl (C=O) groups is 1. The normalized spacial score (nSPS) is 10.5. The summed E-state index contributed by atoms with van der Waals surface area (Å²) in [5.41, 5.74) is 4.88. The Kier molecular flexibility index (Phi) is 3.41. The lowest BCUT2D eigenvalue weighted by Crippen LogP contribution is -2.05. The molecular formula is C9H7ClN2O3. The Morgan fingerprint density at radius 3 is 2.73 bits per heavy atom. The van der Waals surface area contributed by atoms with E-state index in [2.05, 4.69) is 0 Å². The SMILES string of the molecule is NC(=O)C=Cc1c(Cl)cccc1[N+](=O)[O-]. The largest absolute Gasteiger partial charge is 0.366 e. The number of hydrogen-bond donors (Lipinski definition) is 1. The number of rotatable bonds is 3. The zero-order valence-electron chi connectivity index (χ0n) is 7.51. The van der Waals surface area contributed by atoms with E-state index >= 15 is 0 Å². The van der Waals surface area contributed by atoms with Crippen LogP contribution in [0.3, 0.4) is 0 Å². The summed E-state index contributed by atoms with van der Waals surface area (Å²) >= 11 is 5.75.